The van der Waals surface area contributed by atoms with E-state index in [0.29, 0.717) is 11.7 Å². The minimum Gasteiger partial charge on any atom is -0.356 e. The summed E-state index contributed by atoms with van der Waals surface area (Å²) in [4.78, 5) is 10.8. The Morgan fingerprint density at radius 2 is 2.16 bits per heavy atom. The Labute approximate surface area is 131 Å². The first kappa shape index (κ1) is 16.2. The van der Waals surface area contributed by atoms with Crippen LogP contribution in [0, 0.1) is 6.92 Å². The summed E-state index contributed by atoms with van der Waals surface area (Å²) in [6, 6.07) is 0. The Morgan fingerprint density at radius 1 is 1.42 bits per heavy atom. The lowest BCUT2D eigenvalue weighted by Gasteiger charge is -2.20. The van der Waals surface area contributed by atoms with Crippen molar-refractivity contribution >= 4 is 29.9 Å². The Morgan fingerprint density at radius 3 is 2.74 bits per heavy atom. The predicted octanol–water partition coefficient (Wildman–Crippen LogP) is 1.60. The van der Waals surface area contributed by atoms with Gasteiger partial charge in [-0.2, -0.15) is 4.98 Å². The summed E-state index contributed by atoms with van der Waals surface area (Å²) in [5, 5.41) is 7.15. The molecular weight excluding hydrogens is 357 g/mol. The van der Waals surface area contributed by atoms with Gasteiger partial charge in [0, 0.05) is 33.1 Å². The van der Waals surface area contributed by atoms with Crippen molar-refractivity contribution in [1.82, 2.24) is 20.4 Å². The van der Waals surface area contributed by atoms with Crippen molar-refractivity contribution in [3.05, 3.63) is 11.7 Å². The van der Waals surface area contributed by atoms with Crippen molar-refractivity contribution in [3.63, 3.8) is 0 Å². The van der Waals surface area contributed by atoms with Gasteiger partial charge in [-0.3, -0.25) is 4.99 Å². The van der Waals surface area contributed by atoms with Crippen LogP contribution < -0.4 is 5.32 Å². The molecule has 0 spiro atoms. The average molecular weight is 379 g/mol. The number of nitrogens with zero attached hydrogens (tertiary/aromatic N) is 4. The van der Waals surface area contributed by atoms with Gasteiger partial charge in [0.15, 0.2) is 11.8 Å². The summed E-state index contributed by atoms with van der Waals surface area (Å²) in [6.07, 6.45) is 4.31. The Bertz CT molecular complexity index is 401. The summed E-state index contributed by atoms with van der Waals surface area (Å²) >= 11 is 0. The molecule has 0 aromatic carbocycles. The SMILES string of the molecule is CN=C(NCCCc1nc(C)no1)N1CCCC1.I. The molecule has 7 heteroatoms. The van der Waals surface area contributed by atoms with Crippen molar-refractivity contribution in [1.29, 1.82) is 0 Å². The smallest absolute Gasteiger partial charge is 0.226 e. The van der Waals surface area contributed by atoms with Crippen molar-refractivity contribution < 1.29 is 4.52 Å². The summed E-state index contributed by atoms with van der Waals surface area (Å²) in [6.45, 7) is 4.94. The van der Waals surface area contributed by atoms with Gasteiger partial charge in [0.25, 0.3) is 0 Å². The molecule has 0 aliphatic carbocycles. The van der Waals surface area contributed by atoms with E-state index in [1.165, 1.54) is 12.8 Å². The minimum absolute atomic E-state index is 0. The van der Waals surface area contributed by atoms with Crippen molar-refractivity contribution in [2.75, 3.05) is 26.7 Å². The molecule has 0 radical (unpaired) electrons. The molecule has 0 atom stereocenters. The van der Waals surface area contributed by atoms with E-state index in [0.717, 1.165) is 38.4 Å². The van der Waals surface area contributed by atoms with Gasteiger partial charge in [-0.1, -0.05) is 5.16 Å². The number of rotatable bonds is 4. The fraction of sp³-hybridized carbons (Fsp3) is 0.750. The third-order valence-corrected chi connectivity index (χ3v) is 3.04. The van der Waals surface area contributed by atoms with Crippen LogP contribution >= 0.6 is 24.0 Å². The van der Waals surface area contributed by atoms with Crippen LogP contribution in [0.25, 0.3) is 0 Å². The van der Waals surface area contributed by atoms with Crippen LogP contribution in [0.2, 0.25) is 0 Å². The molecule has 1 fully saturated rings. The molecule has 1 aromatic heterocycles. The molecule has 2 rings (SSSR count). The van der Waals surface area contributed by atoms with Crippen LogP contribution in [-0.2, 0) is 6.42 Å². The maximum Gasteiger partial charge on any atom is 0.226 e. The quantitative estimate of drug-likeness (QED) is 0.373. The van der Waals surface area contributed by atoms with Crippen LogP contribution in [-0.4, -0.2) is 47.7 Å². The maximum absolute atomic E-state index is 5.07. The second-order valence-electron chi connectivity index (χ2n) is 4.51. The number of nitrogens with one attached hydrogen (secondary N) is 1. The Hall–Kier alpha value is -0.860. The average Bonchev–Trinajstić information content (AvgIpc) is 3.01. The second kappa shape index (κ2) is 8.34. The topological polar surface area (TPSA) is 66.5 Å². The number of aliphatic imine (C=N–C) groups is 1. The maximum atomic E-state index is 5.07. The van der Waals surface area contributed by atoms with Crippen LogP contribution in [0.4, 0.5) is 0 Å². The summed E-state index contributed by atoms with van der Waals surface area (Å²) < 4.78 is 5.07. The van der Waals surface area contributed by atoms with E-state index < -0.39 is 0 Å². The van der Waals surface area contributed by atoms with E-state index >= 15 is 0 Å². The molecular formula is C12H22IN5O. The first-order valence-corrected chi connectivity index (χ1v) is 6.54. The summed E-state index contributed by atoms with van der Waals surface area (Å²) in [5.74, 6) is 2.42. The van der Waals surface area contributed by atoms with Gasteiger partial charge in [-0.15, -0.1) is 24.0 Å². The van der Waals surface area contributed by atoms with Gasteiger partial charge in [0.1, 0.15) is 0 Å². The predicted molar refractivity (Wildman–Crippen MR) is 84.9 cm³/mol. The zero-order valence-corrected chi connectivity index (χ0v) is 13.9. The summed E-state index contributed by atoms with van der Waals surface area (Å²) in [7, 11) is 1.84. The van der Waals surface area contributed by atoms with Gasteiger partial charge >= 0.3 is 0 Å². The van der Waals surface area contributed by atoms with Crippen molar-refractivity contribution in [3.8, 4) is 0 Å². The van der Waals surface area contributed by atoms with Crippen LogP contribution in [0.15, 0.2) is 9.52 Å². The molecule has 6 nitrogen and oxygen atoms in total. The van der Waals surface area contributed by atoms with E-state index in [-0.39, 0.29) is 24.0 Å². The highest BCUT2D eigenvalue weighted by Gasteiger charge is 2.15. The molecule has 0 saturated carbocycles. The highest BCUT2D eigenvalue weighted by atomic mass is 127. The number of aromatic nitrogens is 2. The van der Waals surface area contributed by atoms with Gasteiger partial charge in [-0.25, -0.2) is 0 Å². The van der Waals surface area contributed by atoms with E-state index in [4.69, 9.17) is 4.52 Å². The van der Waals surface area contributed by atoms with Gasteiger partial charge < -0.3 is 14.7 Å². The standard InChI is InChI=1S/C12H21N5O.HI/c1-10-15-11(18-16-10)6-5-7-14-12(13-2)17-8-3-4-9-17;/h3-9H2,1-2H3,(H,13,14);1H. The van der Waals surface area contributed by atoms with Crippen molar-refractivity contribution in [2.24, 2.45) is 4.99 Å². The van der Waals surface area contributed by atoms with Gasteiger partial charge in [0.2, 0.25) is 5.89 Å². The molecule has 1 aromatic rings. The lowest BCUT2D eigenvalue weighted by atomic mass is 10.3. The first-order chi connectivity index (χ1) is 8.79. The number of hydrogen-bond donors (Lipinski definition) is 1. The molecule has 1 aliphatic heterocycles. The van der Waals surface area contributed by atoms with Crippen molar-refractivity contribution in [2.45, 2.75) is 32.6 Å². The highest BCUT2D eigenvalue weighted by molar-refractivity contribution is 14.0. The molecule has 0 bridgehead atoms. The van der Waals surface area contributed by atoms with E-state index in [1.807, 2.05) is 14.0 Å². The monoisotopic (exact) mass is 379 g/mol. The number of guanidine groups is 1. The normalized spacial score (nSPS) is 15.5. The number of hydrogen-bond acceptors (Lipinski definition) is 4. The number of aryl methyl sites for hydroxylation is 2. The highest BCUT2D eigenvalue weighted by Crippen LogP contribution is 2.07. The van der Waals surface area contributed by atoms with E-state index in [9.17, 15) is 0 Å². The number of likely N-dealkylation sites (tertiary alicyclic amines) is 1. The fourth-order valence-corrected chi connectivity index (χ4v) is 2.14. The third-order valence-electron chi connectivity index (χ3n) is 3.04. The minimum atomic E-state index is 0. The fourth-order valence-electron chi connectivity index (χ4n) is 2.14. The van der Waals surface area contributed by atoms with Gasteiger partial charge in [-0.05, 0) is 26.2 Å². The van der Waals surface area contributed by atoms with Crippen LogP contribution in [0.5, 0.6) is 0 Å². The molecule has 1 saturated heterocycles. The molecule has 0 amide bonds. The molecule has 1 N–H and O–H groups in total. The van der Waals surface area contributed by atoms with Crippen LogP contribution in [0.3, 0.4) is 0 Å². The first-order valence-electron chi connectivity index (χ1n) is 6.54. The Balaban J connectivity index is 0.00000180. The summed E-state index contributed by atoms with van der Waals surface area (Å²) in [5.41, 5.74) is 0. The molecule has 108 valence electrons. The molecule has 0 unspecified atom stereocenters. The Kier molecular flexibility index (Phi) is 7.11. The largest absolute Gasteiger partial charge is 0.356 e. The lowest BCUT2D eigenvalue weighted by Crippen LogP contribution is -2.40. The van der Waals surface area contributed by atoms with E-state index in [2.05, 4.69) is 25.3 Å². The number of halogens is 1. The lowest BCUT2D eigenvalue weighted by molar-refractivity contribution is 0.371. The van der Waals surface area contributed by atoms with Gasteiger partial charge in [0.05, 0.1) is 0 Å². The molecule has 1 aliphatic rings. The third kappa shape index (κ3) is 4.96. The molecule has 19 heavy (non-hydrogen) atoms. The van der Waals surface area contributed by atoms with E-state index in [1.54, 1.807) is 0 Å². The zero-order valence-electron chi connectivity index (χ0n) is 11.6. The second-order valence-corrected chi connectivity index (χ2v) is 4.51. The zero-order chi connectivity index (χ0) is 12.8. The van der Waals surface area contributed by atoms with Crippen LogP contribution in [0.1, 0.15) is 31.0 Å². The molecule has 2 heterocycles.